The quantitative estimate of drug-likeness (QED) is 0.653. The molecule has 0 saturated carbocycles. The second kappa shape index (κ2) is 8.04. The molecule has 1 aromatic carbocycles. The Morgan fingerprint density at radius 3 is 2.53 bits per heavy atom. The Hall–Kier alpha value is -2.15. The summed E-state index contributed by atoms with van der Waals surface area (Å²) in [4.78, 5) is 11.8. The monoisotopic (exact) mass is 261 g/mol. The molecule has 1 N–H and O–H groups in total. The van der Waals surface area contributed by atoms with Crippen LogP contribution in [0.4, 0.5) is 5.69 Å². The summed E-state index contributed by atoms with van der Waals surface area (Å²) in [5.74, 6) is 6.16. The zero-order valence-corrected chi connectivity index (χ0v) is 11.5. The average Bonchev–Trinajstić information content (AvgIpc) is 2.44. The molecule has 0 bridgehead atoms. The van der Waals surface area contributed by atoms with E-state index in [2.05, 4.69) is 17.2 Å². The number of carbonyl (C=O) groups is 1. The van der Waals surface area contributed by atoms with Crippen molar-refractivity contribution in [3.63, 3.8) is 0 Å². The molecule has 0 radical (unpaired) electrons. The van der Waals surface area contributed by atoms with Crippen LogP contribution in [0.5, 0.6) is 5.75 Å². The van der Waals surface area contributed by atoms with Gasteiger partial charge in [-0.05, 0) is 31.2 Å². The van der Waals surface area contributed by atoms with Gasteiger partial charge in [0.05, 0.1) is 13.7 Å². The molecule has 0 fully saturated rings. The molecule has 1 aromatic rings. The lowest BCUT2D eigenvalue weighted by atomic mass is 10.2. The van der Waals surface area contributed by atoms with Crippen LogP contribution >= 0.6 is 0 Å². The molecule has 4 heteroatoms. The van der Waals surface area contributed by atoms with Gasteiger partial charge in [-0.2, -0.15) is 0 Å². The van der Waals surface area contributed by atoms with Gasteiger partial charge in [-0.3, -0.25) is 0 Å². The predicted octanol–water partition coefficient (Wildman–Crippen LogP) is 2.45. The van der Waals surface area contributed by atoms with Crippen molar-refractivity contribution < 1.29 is 14.3 Å². The lowest BCUT2D eigenvalue weighted by Gasteiger charge is -2.13. The maximum atomic E-state index is 11.8. The average molecular weight is 261 g/mol. The first-order valence-corrected chi connectivity index (χ1v) is 6.26. The topological polar surface area (TPSA) is 47.6 Å². The summed E-state index contributed by atoms with van der Waals surface area (Å²) in [6, 6.07) is 6.65. The number of carbonyl (C=O) groups excluding carboxylic acids is 1. The number of ether oxygens (including phenoxy) is 2. The Kier molecular flexibility index (Phi) is 6.31. The Balaban J connectivity index is 2.77. The Labute approximate surface area is 114 Å². The number of nitrogens with one attached hydrogen (secondary N) is 1. The SMILES string of the molecule is CCC#CC(Nc1ccc(OC)cc1)C(=O)OCC. The zero-order valence-electron chi connectivity index (χ0n) is 11.5. The number of anilines is 1. The number of rotatable bonds is 5. The predicted molar refractivity (Wildman–Crippen MR) is 75.1 cm³/mol. The lowest BCUT2D eigenvalue weighted by molar-refractivity contribution is -0.142. The van der Waals surface area contributed by atoms with Crippen molar-refractivity contribution in [1.82, 2.24) is 0 Å². The molecule has 4 nitrogen and oxygen atoms in total. The Morgan fingerprint density at radius 1 is 1.32 bits per heavy atom. The summed E-state index contributed by atoms with van der Waals surface area (Å²) < 4.78 is 10.1. The van der Waals surface area contributed by atoms with E-state index < -0.39 is 6.04 Å². The second-order valence-electron chi connectivity index (χ2n) is 3.73. The maximum absolute atomic E-state index is 11.8. The van der Waals surface area contributed by atoms with E-state index in [0.717, 1.165) is 11.4 Å². The highest BCUT2D eigenvalue weighted by atomic mass is 16.5. The number of benzene rings is 1. The molecule has 0 aliphatic carbocycles. The molecule has 0 aromatic heterocycles. The minimum Gasteiger partial charge on any atom is -0.497 e. The van der Waals surface area contributed by atoms with Gasteiger partial charge in [0.1, 0.15) is 5.75 Å². The number of hydrogen-bond acceptors (Lipinski definition) is 4. The first-order chi connectivity index (χ1) is 9.21. The summed E-state index contributed by atoms with van der Waals surface area (Å²) in [5.41, 5.74) is 0.796. The van der Waals surface area contributed by atoms with Gasteiger partial charge in [-0.15, -0.1) is 5.92 Å². The summed E-state index contributed by atoms with van der Waals surface area (Å²) in [6.45, 7) is 4.05. The number of hydrogen-bond donors (Lipinski definition) is 1. The van der Waals surface area contributed by atoms with Gasteiger partial charge in [0, 0.05) is 12.1 Å². The summed E-state index contributed by atoms with van der Waals surface area (Å²) in [5, 5.41) is 3.05. The zero-order chi connectivity index (χ0) is 14.1. The third-order valence-electron chi connectivity index (χ3n) is 2.35. The van der Waals surface area contributed by atoms with Gasteiger partial charge < -0.3 is 14.8 Å². The molecule has 0 spiro atoms. The van der Waals surface area contributed by atoms with E-state index in [1.165, 1.54) is 0 Å². The highest BCUT2D eigenvalue weighted by Gasteiger charge is 2.16. The van der Waals surface area contributed by atoms with Crippen LogP contribution in [0.2, 0.25) is 0 Å². The fourth-order valence-electron chi connectivity index (χ4n) is 1.44. The van der Waals surface area contributed by atoms with Crippen LogP contribution in [-0.4, -0.2) is 25.7 Å². The molecule has 1 rings (SSSR count). The lowest BCUT2D eigenvalue weighted by Crippen LogP contribution is -2.30. The molecular weight excluding hydrogens is 242 g/mol. The summed E-state index contributed by atoms with van der Waals surface area (Å²) in [7, 11) is 1.61. The van der Waals surface area contributed by atoms with Crippen LogP contribution in [0.3, 0.4) is 0 Å². The normalized spacial score (nSPS) is 10.9. The summed E-state index contributed by atoms with van der Waals surface area (Å²) in [6.07, 6.45) is 0.695. The minimum absolute atomic E-state index is 0.341. The maximum Gasteiger partial charge on any atom is 0.341 e. The van der Waals surface area contributed by atoms with Crippen molar-refractivity contribution in [2.45, 2.75) is 26.3 Å². The van der Waals surface area contributed by atoms with E-state index in [4.69, 9.17) is 9.47 Å². The van der Waals surface area contributed by atoms with Crippen LogP contribution in [0.25, 0.3) is 0 Å². The van der Waals surface area contributed by atoms with Crippen molar-refractivity contribution in [3.8, 4) is 17.6 Å². The molecule has 0 amide bonds. The van der Waals surface area contributed by atoms with Crippen molar-refractivity contribution in [2.24, 2.45) is 0 Å². The minimum atomic E-state index is -0.645. The molecule has 102 valence electrons. The largest absolute Gasteiger partial charge is 0.497 e. The highest BCUT2D eigenvalue weighted by molar-refractivity contribution is 5.83. The van der Waals surface area contributed by atoms with Crippen molar-refractivity contribution in [2.75, 3.05) is 19.0 Å². The van der Waals surface area contributed by atoms with Gasteiger partial charge in [0.2, 0.25) is 0 Å². The van der Waals surface area contributed by atoms with E-state index in [9.17, 15) is 4.79 Å². The number of methoxy groups -OCH3 is 1. The van der Waals surface area contributed by atoms with Crippen molar-refractivity contribution in [1.29, 1.82) is 0 Å². The Bertz CT molecular complexity index is 457. The third-order valence-corrected chi connectivity index (χ3v) is 2.35. The molecule has 19 heavy (non-hydrogen) atoms. The molecular formula is C15H19NO3. The smallest absolute Gasteiger partial charge is 0.341 e. The molecule has 0 aliphatic heterocycles. The molecule has 0 saturated heterocycles. The van der Waals surface area contributed by atoms with E-state index in [1.54, 1.807) is 14.0 Å². The van der Waals surface area contributed by atoms with Crippen LogP contribution in [0, 0.1) is 11.8 Å². The van der Waals surface area contributed by atoms with Gasteiger partial charge in [0.25, 0.3) is 0 Å². The fraction of sp³-hybridized carbons (Fsp3) is 0.400. The molecule has 1 unspecified atom stereocenters. The Morgan fingerprint density at radius 2 is 2.00 bits per heavy atom. The van der Waals surface area contributed by atoms with Gasteiger partial charge >= 0.3 is 5.97 Å². The summed E-state index contributed by atoms with van der Waals surface area (Å²) >= 11 is 0. The van der Waals surface area contributed by atoms with E-state index in [0.29, 0.717) is 13.0 Å². The van der Waals surface area contributed by atoms with E-state index in [-0.39, 0.29) is 5.97 Å². The van der Waals surface area contributed by atoms with E-state index >= 15 is 0 Å². The first-order valence-electron chi connectivity index (χ1n) is 6.26. The van der Waals surface area contributed by atoms with Crippen molar-refractivity contribution >= 4 is 11.7 Å². The van der Waals surface area contributed by atoms with Crippen molar-refractivity contribution in [3.05, 3.63) is 24.3 Å². The van der Waals surface area contributed by atoms with Crippen LogP contribution in [-0.2, 0) is 9.53 Å². The van der Waals surface area contributed by atoms with Gasteiger partial charge in [-0.25, -0.2) is 4.79 Å². The standard InChI is InChI=1S/C15H19NO3/c1-4-6-7-14(15(17)19-5-2)16-12-8-10-13(18-3)11-9-12/h8-11,14,16H,4-5H2,1-3H3. The van der Waals surface area contributed by atoms with Crippen LogP contribution < -0.4 is 10.1 Å². The second-order valence-corrected chi connectivity index (χ2v) is 3.73. The van der Waals surface area contributed by atoms with Gasteiger partial charge in [0.15, 0.2) is 6.04 Å². The van der Waals surface area contributed by atoms with E-state index in [1.807, 2.05) is 31.2 Å². The van der Waals surface area contributed by atoms with Gasteiger partial charge in [-0.1, -0.05) is 12.8 Å². The molecule has 0 heterocycles. The van der Waals surface area contributed by atoms with Crippen LogP contribution in [0.1, 0.15) is 20.3 Å². The highest BCUT2D eigenvalue weighted by Crippen LogP contribution is 2.15. The first kappa shape index (κ1) is 14.9. The third kappa shape index (κ3) is 4.92. The number of esters is 1. The fourth-order valence-corrected chi connectivity index (χ4v) is 1.44. The molecule has 0 aliphatic rings. The molecule has 1 atom stereocenters. The van der Waals surface area contributed by atoms with Crippen LogP contribution in [0.15, 0.2) is 24.3 Å².